The van der Waals surface area contributed by atoms with E-state index in [9.17, 15) is 29.6 Å². The lowest BCUT2D eigenvalue weighted by Crippen LogP contribution is -2.42. The van der Waals surface area contributed by atoms with Crippen molar-refractivity contribution in [3.63, 3.8) is 0 Å². The van der Waals surface area contributed by atoms with Crippen molar-refractivity contribution in [1.29, 1.82) is 0 Å². The van der Waals surface area contributed by atoms with Crippen LogP contribution in [0.5, 0.6) is 0 Å². The highest BCUT2D eigenvalue weighted by molar-refractivity contribution is 5.88. The van der Waals surface area contributed by atoms with Crippen LogP contribution in [0.15, 0.2) is 33.9 Å². The summed E-state index contributed by atoms with van der Waals surface area (Å²) in [6, 6.07) is 4.71. The Labute approximate surface area is 129 Å². The van der Waals surface area contributed by atoms with Crippen molar-refractivity contribution in [1.82, 2.24) is 9.13 Å². The van der Waals surface area contributed by atoms with Gasteiger partial charge >= 0.3 is 11.7 Å². The van der Waals surface area contributed by atoms with Gasteiger partial charge in [0.2, 0.25) is 0 Å². The van der Waals surface area contributed by atoms with Crippen LogP contribution >= 0.6 is 0 Å². The van der Waals surface area contributed by atoms with Crippen LogP contribution in [0.25, 0.3) is 5.69 Å². The first-order valence-electron chi connectivity index (χ1n) is 6.62. The summed E-state index contributed by atoms with van der Waals surface area (Å²) in [7, 11) is 1.37. The Bertz CT molecular complexity index is 908. The number of hydrogen-bond donors (Lipinski definition) is 1. The Morgan fingerprint density at radius 3 is 2.26 bits per heavy atom. The second-order valence-electron chi connectivity index (χ2n) is 4.74. The molecule has 0 aliphatic heterocycles. The van der Waals surface area contributed by atoms with Crippen LogP contribution in [0.1, 0.15) is 23.0 Å². The molecule has 1 N–H and O–H groups in total. The first-order chi connectivity index (χ1) is 10.8. The van der Waals surface area contributed by atoms with E-state index in [-0.39, 0.29) is 23.5 Å². The van der Waals surface area contributed by atoms with Crippen molar-refractivity contribution < 1.29 is 14.8 Å². The molecule has 0 fully saturated rings. The summed E-state index contributed by atoms with van der Waals surface area (Å²) in [4.78, 5) is 46.2. The molecule has 1 aromatic carbocycles. The summed E-state index contributed by atoms with van der Waals surface area (Å²) in [5, 5.41) is 19.9. The van der Waals surface area contributed by atoms with Gasteiger partial charge in [0.1, 0.15) is 5.56 Å². The number of aromatic nitrogens is 2. The van der Waals surface area contributed by atoms with Gasteiger partial charge in [-0.2, -0.15) is 0 Å². The summed E-state index contributed by atoms with van der Waals surface area (Å²) in [6.07, 6.45) is 0.198. The van der Waals surface area contributed by atoms with Crippen molar-refractivity contribution in [2.45, 2.75) is 13.3 Å². The predicted molar refractivity (Wildman–Crippen MR) is 80.3 cm³/mol. The van der Waals surface area contributed by atoms with Crippen LogP contribution < -0.4 is 11.2 Å². The molecule has 1 heterocycles. The van der Waals surface area contributed by atoms with E-state index < -0.39 is 27.7 Å². The number of benzene rings is 1. The van der Waals surface area contributed by atoms with E-state index in [1.807, 2.05) is 0 Å². The lowest BCUT2D eigenvalue weighted by atomic mass is 10.1. The van der Waals surface area contributed by atoms with Gasteiger partial charge in [0.15, 0.2) is 0 Å². The number of nitro groups is 1. The molecule has 0 amide bonds. The number of aromatic carboxylic acids is 1. The van der Waals surface area contributed by atoms with E-state index in [2.05, 4.69) is 0 Å². The van der Waals surface area contributed by atoms with Crippen LogP contribution in [0.4, 0.5) is 5.69 Å². The van der Waals surface area contributed by atoms with Gasteiger partial charge in [-0.1, -0.05) is 6.92 Å². The molecule has 0 radical (unpaired) electrons. The van der Waals surface area contributed by atoms with Crippen molar-refractivity contribution in [3.05, 3.63) is 66.5 Å². The topological polar surface area (TPSA) is 124 Å². The number of nitro benzene ring substituents is 1. The van der Waals surface area contributed by atoms with Crippen molar-refractivity contribution in [2.24, 2.45) is 7.05 Å². The SMILES string of the molecule is CCc1c(C(=O)O)c(=O)n(-c2ccc([N+](=O)[O-])cc2)c(=O)n1C. The third-order valence-corrected chi connectivity index (χ3v) is 3.46. The molecule has 9 nitrogen and oxygen atoms in total. The molecule has 23 heavy (non-hydrogen) atoms. The lowest BCUT2D eigenvalue weighted by Gasteiger charge is -2.13. The predicted octanol–water partition coefficient (Wildman–Crippen LogP) is 0.705. The van der Waals surface area contributed by atoms with Gasteiger partial charge in [0.25, 0.3) is 11.2 Å². The maximum Gasteiger partial charge on any atom is 0.343 e. The van der Waals surface area contributed by atoms with Crippen molar-refractivity contribution in [2.75, 3.05) is 0 Å². The summed E-state index contributed by atoms with van der Waals surface area (Å²) >= 11 is 0. The summed E-state index contributed by atoms with van der Waals surface area (Å²) in [5.74, 6) is -1.43. The van der Waals surface area contributed by atoms with Crippen LogP contribution in [0.3, 0.4) is 0 Å². The average Bonchev–Trinajstić information content (AvgIpc) is 2.50. The van der Waals surface area contributed by atoms with Gasteiger partial charge in [-0.25, -0.2) is 14.2 Å². The molecule has 9 heteroatoms. The summed E-state index contributed by atoms with van der Waals surface area (Å²) < 4.78 is 1.78. The number of carbonyl (C=O) groups is 1. The second kappa shape index (κ2) is 5.87. The highest BCUT2D eigenvalue weighted by atomic mass is 16.6. The second-order valence-corrected chi connectivity index (χ2v) is 4.74. The van der Waals surface area contributed by atoms with Crippen LogP contribution in [0, 0.1) is 10.1 Å². The third-order valence-electron chi connectivity index (χ3n) is 3.46. The zero-order valence-electron chi connectivity index (χ0n) is 12.3. The summed E-state index contributed by atoms with van der Waals surface area (Å²) in [5.41, 5.74) is -2.20. The third kappa shape index (κ3) is 2.63. The fraction of sp³-hybridized carbons (Fsp3) is 0.214. The smallest absolute Gasteiger partial charge is 0.343 e. The average molecular weight is 319 g/mol. The van der Waals surface area contributed by atoms with Crippen molar-refractivity contribution in [3.8, 4) is 5.69 Å². The molecule has 0 bridgehead atoms. The van der Waals surface area contributed by atoms with Gasteiger partial charge in [0, 0.05) is 24.9 Å². The normalized spacial score (nSPS) is 10.5. The maximum atomic E-state index is 12.4. The Kier molecular flexibility index (Phi) is 4.12. The number of nitrogens with zero attached hydrogens (tertiary/aromatic N) is 3. The molecule has 0 atom stereocenters. The molecule has 1 aromatic heterocycles. The van der Waals surface area contributed by atoms with E-state index in [4.69, 9.17) is 0 Å². The number of carboxylic acids is 1. The van der Waals surface area contributed by atoms with Gasteiger partial charge < -0.3 is 5.11 Å². The van der Waals surface area contributed by atoms with Crippen LogP contribution in [-0.2, 0) is 13.5 Å². The highest BCUT2D eigenvalue weighted by Gasteiger charge is 2.22. The van der Waals surface area contributed by atoms with Gasteiger partial charge in [-0.05, 0) is 18.6 Å². The first kappa shape index (κ1) is 16.1. The molecule has 0 saturated heterocycles. The number of carboxylic acid groups (broad SMARTS) is 1. The number of hydrogen-bond acceptors (Lipinski definition) is 5. The fourth-order valence-electron chi connectivity index (χ4n) is 2.34. The molecule has 0 aliphatic carbocycles. The molecular formula is C14H13N3O6. The Morgan fingerprint density at radius 1 is 1.26 bits per heavy atom. The standard InChI is InChI=1S/C14H13N3O6/c1-3-10-11(13(19)20)12(18)16(14(21)15(10)2)8-4-6-9(7-5-8)17(22)23/h4-7H,3H2,1-2H3,(H,19,20). The Hall–Kier alpha value is -3.23. The minimum Gasteiger partial charge on any atom is -0.477 e. The lowest BCUT2D eigenvalue weighted by molar-refractivity contribution is -0.384. The molecule has 2 rings (SSSR count). The zero-order chi connectivity index (χ0) is 17.3. The largest absolute Gasteiger partial charge is 0.477 e. The van der Waals surface area contributed by atoms with E-state index in [0.717, 1.165) is 16.7 Å². The van der Waals surface area contributed by atoms with E-state index in [1.54, 1.807) is 6.92 Å². The Balaban J connectivity index is 2.83. The van der Waals surface area contributed by atoms with Gasteiger partial charge in [-0.3, -0.25) is 19.5 Å². The first-order valence-corrected chi connectivity index (χ1v) is 6.62. The minimum atomic E-state index is -1.43. The monoisotopic (exact) mass is 319 g/mol. The van der Waals surface area contributed by atoms with Crippen LogP contribution in [-0.4, -0.2) is 25.1 Å². The van der Waals surface area contributed by atoms with E-state index >= 15 is 0 Å². The Morgan fingerprint density at radius 2 is 1.83 bits per heavy atom. The van der Waals surface area contributed by atoms with Gasteiger partial charge in [-0.15, -0.1) is 0 Å². The zero-order valence-corrected chi connectivity index (χ0v) is 12.3. The number of non-ortho nitro benzene ring substituents is 1. The molecule has 2 aromatic rings. The maximum absolute atomic E-state index is 12.4. The fourth-order valence-corrected chi connectivity index (χ4v) is 2.34. The van der Waals surface area contributed by atoms with E-state index in [1.165, 1.54) is 19.2 Å². The van der Waals surface area contributed by atoms with Gasteiger partial charge in [0.05, 0.1) is 10.6 Å². The highest BCUT2D eigenvalue weighted by Crippen LogP contribution is 2.13. The minimum absolute atomic E-state index is 0.0614. The van der Waals surface area contributed by atoms with E-state index in [0.29, 0.717) is 4.57 Å². The molecular weight excluding hydrogens is 306 g/mol. The molecule has 0 aliphatic rings. The van der Waals surface area contributed by atoms with Crippen LogP contribution in [0.2, 0.25) is 0 Å². The molecule has 0 spiro atoms. The quantitative estimate of drug-likeness (QED) is 0.653. The van der Waals surface area contributed by atoms with Crippen molar-refractivity contribution >= 4 is 11.7 Å². The molecule has 0 unspecified atom stereocenters. The summed E-state index contributed by atoms with van der Waals surface area (Å²) in [6.45, 7) is 1.64. The number of rotatable bonds is 4. The molecule has 0 saturated carbocycles. The molecule has 120 valence electrons.